The number of carbonyl (C=O) groups excluding carboxylic acids is 2. The van der Waals surface area contributed by atoms with Gasteiger partial charge >= 0.3 is 21.6 Å². The lowest BCUT2D eigenvalue weighted by atomic mass is 9.91. The molecule has 0 radical (unpaired) electrons. The SMILES string of the molecule is CCC(OC(C)=O)c1ccc(F)cc1.Cc1ccc(OCc2ccccc2)c(C2CC(=O)N2c2ccc(OS(=O)(=O)C(F)(F)F)cc2)c1. The molecule has 0 aromatic heterocycles. The maximum atomic E-state index is 12.6. The average Bonchev–Trinajstić information content (AvgIpc) is 3.03. The molecular formula is C35H33F4NO7S. The molecule has 4 aromatic carbocycles. The van der Waals surface area contributed by atoms with Crippen molar-refractivity contribution in [1.82, 2.24) is 0 Å². The summed E-state index contributed by atoms with van der Waals surface area (Å²) in [7, 11) is -5.78. The van der Waals surface area contributed by atoms with Crippen molar-refractivity contribution in [1.29, 1.82) is 0 Å². The Kier molecular flexibility index (Phi) is 11.5. The van der Waals surface area contributed by atoms with Crippen LogP contribution in [0, 0.1) is 12.7 Å². The summed E-state index contributed by atoms with van der Waals surface area (Å²) < 4.78 is 87.9. The standard InChI is InChI=1S/C24H20F3NO5S.C11H13FO2/c1-16-7-12-22(32-15-17-5-3-2-4-6-17)20(13-16)21-14-23(29)28(21)18-8-10-19(11-9-18)33-34(30,31)24(25,26)27;1-3-11(14-8(2)13)9-4-6-10(12)7-5-9/h2-13,21H,14-15H2,1H3;4-7,11H,3H2,1-2H3. The Bertz CT molecular complexity index is 1810. The number of alkyl halides is 3. The minimum absolute atomic E-state index is 0.183. The number of halogens is 4. The summed E-state index contributed by atoms with van der Waals surface area (Å²) in [4.78, 5) is 24.7. The molecule has 1 saturated heterocycles. The van der Waals surface area contributed by atoms with Gasteiger partial charge in [0.25, 0.3) is 0 Å². The molecule has 0 saturated carbocycles. The summed E-state index contributed by atoms with van der Waals surface area (Å²) in [6.45, 7) is 5.54. The molecule has 0 aliphatic carbocycles. The molecule has 8 nitrogen and oxygen atoms in total. The van der Waals surface area contributed by atoms with Crippen molar-refractivity contribution in [2.45, 2.75) is 57.9 Å². The monoisotopic (exact) mass is 687 g/mol. The van der Waals surface area contributed by atoms with Gasteiger partial charge in [-0.05, 0) is 66.9 Å². The van der Waals surface area contributed by atoms with Gasteiger partial charge in [0, 0.05) is 18.2 Å². The molecule has 48 heavy (non-hydrogen) atoms. The van der Waals surface area contributed by atoms with E-state index in [2.05, 4.69) is 4.18 Å². The van der Waals surface area contributed by atoms with Crippen LogP contribution in [0.1, 0.15) is 61.1 Å². The molecule has 254 valence electrons. The molecule has 2 unspecified atom stereocenters. The van der Waals surface area contributed by atoms with Gasteiger partial charge in [-0.15, -0.1) is 0 Å². The summed E-state index contributed by atoms with van der Waals surface area (Å²) in [5.74, 6) is -0.675. The lowest BCUT2D eigenvalue weighted by Crippen LogP contribution is -2.46. The van der Waals surface area contributed by atoms with E-state index in [1.807, 2.05) is 62.4 Å². The van der Waals surface area contributed by atoms with E-state index in [-0.39, 0.29) is 36.3 Å². The Balaban J connectivity index is 0.000000312. The van der Waals surface area contributed by atoms with Crippen LogP contribution in [0.5, 0.6) is 11.5 Å². The largest absolute Gasteiger partial charge is 0.534 e. The first-order valence-electron chi connectivity index (χ1n) is 14.8. The van der Waals surface area contributed by atoms with Crippen LogP contribution in [-0.4, -0.2) is 25.8 Å². The highest BCUT2D eigenvalue weighted by atomic mass is 32.2. The zero-order chi connectivity index (χ0) is 35.1. The van der Waals surface area contributed by atoms with Gasteiger partial charge in [-0.1, -0.05) is 67.1 Å². The van der Waals surface area contributed by atoms with Crippen molar-refractivity contribution in [3.05, 3.63) is 125 Å². The molecule has 13 heteroatoms. The zero-order valence-electron chi connectivity index (χ0n) is 26.2. The fraction of sp³-hybridized carbons (Fsp3) is 0.257. The predicted octanol–water partition coefficient (Wildman–Crippen LogP) is 8.12. The van der Waals surface area contributed by atoms with Gasteiger partial charge in [-0.2, -0.15) is 21.6 Å². The molecule has 0 N–H and O–H groups in total. The minimum Gasteiger partial charge on any atom is -0.489 e. The maximum Gasteiger partial charge on any atom is 0.534 e. The van der Waals surface area contributed by atoms with Crippen LogP contribution in [0.15, 0.2) is 97.1 Å². The Morgan fingerprint density at radius 2 is 1.60 bits per heavy atom. The smallest absolute Gasteiger partial charge is 0.489 e. The zero-order valence-corrected chi connectivity index (χ0v) is 27.1. The molecule has 1 aliphatic rings. The molecule has 4 aromatic rings. The van der Waals surface area contributed by atoms with E-state index in [9.17, 15) is 35.6 Å². The first-order valence-corrected chi connectivity index (χ1v) is 16.2. The molecule has 1 amide bonds. The van der Waals surface area contributed by atoms with Crippen LogP contribution in [0.2, 0.25) is 0 Å². The van der Waals surface area contributed by atoms with Crippen molar-refractivity contribution in [3.63, 3.8) is 0 Å². The molecule has 1 aliphatic heterocycles. The Morgan fingerprint density at radius 3 is 2.17 bits per heavy atom. The summed E-state index contributed by atoms with van der Waals surface area (Å²) in [5, 5.41) is 0. The number of esters is 1. The Hall–Kier alpha value is -4.91. The predicted molar refractivity (Wildman–Crippen MR) is 170 cm³/mol. The van der Waals surface area contributed by atoms with E-state index >= 15 is 0 Å². The number of aryl methyl sites for hydroxylation is 1. The number of rotatable bonds is 10. The third-order valence-electron chi connectivity index (χ3n) is 7.23. The van der Waals surface area contributed by atoms with E-state index in [0.717, 1.165) is 34.4 Å². The number of amides is 1. The summed E-state index contributed by atoms with van der Waals surface area (Å²) in [6.07, 6.45) is 0.643. The topological polar surface area (TPSA) is 99.2 Å². The summed E-state index contributed by atoms with van der Waals surface area (Å²) in [5.41, 5.74) is -1.55. The van der Waals surface area contributed by atoms with Gasteiger partial charge in [0.15, 0.2) is 0 Å². The van der Waals surface area contributed by atoms with Gasteiger partial charge in [0.05, 0.1) is 12.5 Å². The summed E-state index contributed by atoms with van der Waals surface area (Å²) >= 11 is 0. The molecule has 2 atom stereocenters. The third-order valence-corrected chi connectivity index (χ3v) is 8.21. The molecule has 0 bridgehead atoms. The van der Waals surface area contributed by atoms with Crippen LogP contribution in [-0.2, 0) is 31.1 Å². The minimum atomic E-state index is -5.78. The van der Waals surface area contributed by atoms with Gasteiger partial charge < -0.3 is 18.6 Å². The second-order valence-electron chi connectivity index (χ2n) is 10.8. The van der Waals surface area contributed by atoms with E-state index in [1.54, 1.807) is 12.1 Å². The molecule has 5 rings (SSSR count). The summed E-state index contributed by atoms with van der Waals surface area (Å²) in [6, 6.07) is 25.8. The van der Waals surface area contributed by atoms with E-state index in [1.165, 1.54) is 36.1 Å². The molecule has 1 heterocycles. The first kappa shape index (κ1) is 35.9. The number of ether oxygens (including phenoxy) is 2. The van der Waals surface area contributed by atoms with Crippen LogP contribution < -0.4 is 13.8 Å². The number of carbonyl (C=O) groups is 2. The van der Waals surface area contributed by atoms with Crippen molar-refractivity contribution in [3.8, 4) is 11.5 Å². The maximum absolute atomic E-state index is 12.6. The first-order chi connectivity index (χ1) is 22.7. The quantitative estimate of drug-likeness (QED) is 0.0546. The fourth-order valence-corrected chi connectivity index (χ4v) is 5.34. The second kappa shape index (κ2) is 15.3. The number of benzene rings is 4. The van der Waals surface area contributed by atoms with Crippen LogP contribution >= 0.6 is 0 Å². The number of β-lactam (4-membered cyclic amide) rings is 1. The Labute approximate surface area is 276 Å². The van der Waals surface area contributed by atoms with Crippen LogP contribution in [0.25, 0.3) is 0 Å². The van der Waals surface area contributed by atoms with Gasteiger partial charge in [-0.25, -0.2) is 4.39 Å². The van der Waals surface area contributed by atoms with E-state index in [0.29, 0.717) is 24.5 Å². The molecule has 1 fully saturated rings. The lowest BCUT2D eigenvalue weighted by Gasteiger charge is -2.41. The van der Waals surface area contributed by atoms with Crippen LogP contribution in [0.3, 0.4) is 0 Å². The van der Waals surface area contributed by atoms with Crippen molar-refractivity contribution >= 4 is 27.7 Å². The number of hydrogen-bond acceptors (Lipinski definition) is 7. The Morgan fingerprint density at radius 1 is 0.958 bits per heavy atom. The van der Waals surface area contributed by atoms with E-state index < -0.39 is 21.4 Å². The highest BCUT2D eigenvalue weighted by Gasteiger charge is 2.48. The average molecular weight is 688 g/mol. The highest BCUT2D eigenvalue weighted by Crippen LogP contribution is 2.43. The van der Waals surface area contributed by atoms with Crippen molar-refractivity contribution in [2.24, 2.45) is 0 Å². The van der Waals surface area contributed by atoms with Gasteiger partial charge in [0.1, 0.15) is 30.0 Å². The van der Waals surface area contributed by atoms with E-state index in [4.69, 9.17) is 9.47 Å². The van der Waals surface area contributed by atoms with Gasteiger partial charge in [0.2, 0.25) is 5.91 Å². The number of nitrogens with zero attached hydrogens (tertiary/aromatic N) is 1. The van der Waals surface area contributed by atoms with Crippen molar-refractivity contribution in [2.75, 3.05) is 4.90 Å². The normalized spacial score (nSPS) is 15.0. The second-order valence-corrected chi connectivity index (χ2v) is 12.4. The number of anilines is 1. The van der Waals surface area contributed by atoms with Gasteiger partial charge in [-0.3, -0.25) is 9.59 Å². The van der Waals surface area contributed by atoms with Crippen molar-refractivity contribution < 1.29 is 49.2 Å². The molecule has 0 spiro atoms. The lowest BCUT2D eigenvalue weighted by molar-refractivity contribution is -0.146. The highest BCUT2D eigenvalue weighted by molar-refractivity contribution is 7.88. The number of hydrogen-bond donors (Lipinski definition) is 0. The fourth-order valence-electron chi connectivity index (χ4n) is 4.89. The molecular weight excluding hydrogens is 654 g/mol. The third kappa shape index (κ3) is 9.12. The van der Waals surface area contributed by atoms with Crippen LogP contribution in [0.4, 0.5) is 23.2 Å².